The SMILES string of the molecule is COC(=O)c1cc2c(Br)cc(Oc3ccccc3)cc2n1Cc1ccc(C(=O)N(C)CCO)cc1. The zero-order chi connectivity index (χ0) is 24.9. The molecule has 4 aromatic rings. The maximum atomic E-state index is 12.6. The van der Waals surface area contributed by atoms with Crippen molar-refractivity contribution in [3.05, 3.63) is 94.1 Å². The molecule has 0 fully saturated rings. The fourth-order valence-electron chi connectivity index (χ4n) is 3.82. The number of aliphatic hydroxyl groups excluding tert-OH is 1. The fourth-order valence-corrected chi connectivity index (χ4v) is 4.37. The molecule has 0 aliphatic heterocycles. The molecule has 0 radical (unpaired) electrons. The number of aromatic nitrogens is 1. The van der Waals surface area contributed by atoms with Crippen molar-refractivity contribution in [1.29, 1.82) is 0 Å². The lowest BCUT2D eigenvalue weighted by Crippen LogP contribution is -2.29. The number of halogens is 1. The van der Waals surface area contributed by atoms with Gasteiger partial charge in [-0.2, -0.15) is 0 Å². The zero-order valence-electron chi connectivity index (χ0n) is 19.4. The molecule has 0 bridgehead atoms. The summed E-state index contributed by atoms with van der Waals surface area (Å²) in [5.74, 6) is 0.714. The molecule has 0 spiro atoms. The van der Waals surface area contributed by atoms with E-state index in [4.69, 9.17) is 14.6 Å². The van der Waals surface area contributed by atoms with Gasteiger partial charge in [0.05, 0.1) is 19.2 Å². The van der Waals surface area contributed by atoms with E-state index < -0.39 is 5.97 Å². The Morgan fingerprint density at radius 1 is 1.00 bits per heavy atom. The van der Waals surface area contributed by atoms with Crippen LogP contribution in [0.25, 0.3) is 10.9 Å². The summed E-state index contributed by atoms with van der Waals surface area (Å²) >= 11 is 3.61. The van der Waals surface area contributed by atoms with Gasteiger partial charge in [0, 0.05) is 41.6 Å². The molecule has 180 valence electrons. The van der Waals surface area contributed by atoms with Crippen LogP contribution in [0, 0.1) is 0 Å². The maximum absolute atomic E-state index is 12.6. The summed E-state index contributed by atoms with van der Waals surface area (Å²) in [5, 5.41) is 9.92. The Balaban J connectivity index is 1.71. The Hall–Kier alpha value is -3.62. The van der Waals surface area contributed by atoms with Crippen LogP contribution in [0.4, 0.5) is 0 Å². The second-order valence-corrected chi connectivity index (χ2v) is 8.86. The number of nitrogens with zero attached hydrogens (tertiary/aromatic N) is 2. The Morgan fingerprint density at radius 3 is 2.37 bits per heavy atom. The van der Waals surface area contributed by atoms with Crippen molar-refractivity contribution in [1.82, 2.24) is 9.47 Å². The lowest BCUT2D eigenvalue weighted by atomic mass is 10.1. The minimum Gasteiger partial charge on any atom is -0.464 e. The molecule has 0 unspecified atom stereocenters. The third kappa shape index (κ3) is 5.39. The predicted molar refractivity (Wildman–Crippen MR) is 137 cm³/mol. The van der Waals surface area contributed by atoms with E-state index in [0.717, 1.165) is 20.9 Å². The van der Waals surface area contributed by atoms with Crippen molar-refractivity contribution in [2.24, 2.45) is 0 Å². The Morgan fingerprint density at radius 2 is 1.71 bits per heavy atom. The second-order valence-electron chi connectivity index (χ2n) is 8.01. The van der Waals surface area contributed by atoms with Gasteiger partial charge in [-0.3, -0.25) is 4.79 Å². The normalized spacial score (nSPS) is 10.9. The molecule has 0 atom stereocenters. The lowest BCUT2D eigenvalue weighted by Gasteiger charge is -2.16. The van der Waals surface area contributed by atoms with Crippen LogP contribution in [-0.4, -0.2) is 53.8 Å². The summed E-state index contributed by atoms with van der Waals surface area (Å²) in [6, 6.07) is 22.2. The van der Waals surface area contributed by atoms with Crippen molar-refractivity contribution in [3.63, 3.8) is 0 Å². The molecular weight excluding hydrogens is 512 g/mol. The monoisotopic (exact) mass is 536 g/mol. The van der Waals surface area contributed by atoms with E-state index >= 15 is 0 Å². The number of benzene rings is 3. The third-order valence-corrected chi connectivity index (χ3v) is 6.30. The van der Waals surface area contributed by atoms with Gasteiger partial charge in [-0.05, 0) is 57.9 Å². The number of amides is 1. The first-order valence-electron chi connectivity index (χ1n) is 11.0. The van der Waals surface area contributed by atoms with E-state index in [0.29, 0.717) is 29.3 Å². The molecule has 0 saturated heterocycles. The largest absolute Gasteiger partial charge is 0.464 e. The molecule has 1 N–H and O–H groups in total. The van der Waals surface area contributed by atoms with Crippen LogP contribution in [0.5, 0.6) is 11.5 Å². The van der Waals surface area contributed by atoms with Crippen molar-refractivity contribution >= 4 is 38.7 Å². The molecule has 7 nitrogen and oxygen atoms in total. The van der Waals surface area contributed by atoms with Crippen LogP contribution in [0.3, 0.4) is 0 Å². The Kier molecular flexibility index (Phi) is 7.53. The van der Waals surface area contributed by atoms with Crippen LogP contribution in [0.1, 0.15) is 26.4 Å². The Bertz CT molecular complexity index is 1350. The van der Waals surface area contributed by atoms with E-state index in [1.54, 1.807) is 25.2 Å². The van der Waals surface area contributed by atoms with Gasteiger partial charge in [0.2, 0.25) is 0 Å². The first-order chi connectivity index (χ1) is 16.9. The highest BCUT2D eigenvalue weighted by Gasteiger charge is 2.19. The molecule has 3 aromatic carbocycles. The number of hydrogen-bond acceptors (Lipinski definition) is 5. The van der Waals surface area contributed by atoms with E-state index in [1.165, 1.54) is 12.0 Å². The molecule has 0 saturated carbocycles. The summed E-state index contributed by atoms with van der Waals surface area (Å²) in [7, 11) is 3.00. The van der Waals surface area contributed by atoms with Gasteiger partial charge in [-0.25, -0.2) is 4.79 Å². The zero-order valence-corrected chi connectivity index (χ0v) is 21.0. The molecular formula is C27H25BrN2O5. The van der Waals surface area contributed by atoms with Gasteiger partial charge in [-0.15, -0.1) is 0 Å². The number of fused-ring (bicyclic) bond motifs is 1. The predicted octanol–water partition coefficient (Wildman–Crippen LogP) is 5.10. The van der Waals surface area contributed by atoms with Crippen molar-refractivity contribution in [2.45, 2.75) is 6.54 Å². The van der Waals surface area contributed by atoms with Crippen molar-refractivity contribution in [2.75, 3.05) is 27.3 Å². The summed E-state index contributed by atoms with van der Waals surface area (Å²) in [6.07, 6.45) is 0. The van der Waals surface area contributed by atoms with E-state index in [2.05, 4.69) is 15.9 Å². The topological polar surface area (TPSA) is 81.0 Å². The standard InChI is InChI=1S/C27H25BrN2O5/c1-29(12-13-31)26(32)19-10-8-18(9-11-19)17-30-24-15-21(35-20-6-4-3-5-7-20)14-23(28)22(24)16-25(30)27(33)34-2/h3-11,14-16,31H,12-13,17H2,1-2H3. The van der Waals surface area contributed by atoms with E-state index in [1.807, 2.05) is 59.2 Å². The molecule has 35 heavy (non-hydrogen) atoms. The highest BCUT2D eigenvalue weighted by molar-refractivity contribution is 9.10. The summed E-state index contributed by atoms with van der Waals surface area (Å²) in [5.41, 5.74) is 2.63. The van der Waals surface area contributed by atoms with E-state index in [-0.39, 0.29) is 19.1 Å². The number of carbonyl (C=O) groups is 2. The minimum atomic E-state index is -0.448. The molecule has 0 aliphatic carbocycles. The quantitative estimate of drug-likeness (QED) is 0.317. The van der Waals surface area contributed by atoms with Crippen LogP contribution in [0.15, 0.2) is 77.3 Å². The Labute approximate surface area is 211 Å². The van der Waals surface area contributed by atoms with Gasteiger partial charge in [0.25, 0.3) is 5.91 Å². The lowest BCUT2D eigenvalue weighted by molar-refractivity contribution is 0.0589. The molecule has 4 rings (SSSR count). The number of likely N-dealkylation sites (N-methyl/N-ethyl adjacent to an activating group) is 1. The highest BCUT2D eigenvalue weighted by Crippen LogP contribution is 2.34. The number of para-hydroxylation sites is 1. The summed E-state index contributed by atoms with van der Waals surface area (Å²) in [4.78, 5) is 26.5. The number of hydrogen-bond donors (Lipinski definition) is 1. The highest BCUT2D eigenvalue weighted by atomic mass is 79.9. The minimum absolute atomic E-state index is 0.0944. The van der Waals surface area contributed by atoms with Crippen LogP contribution < -0.4 is 4.74 Å². The molecule has 1 aromatic heterocycles. The number of ether oxygens (including phenoxy) is 2. The average molecular weight is 537 g/mol. The fraction of sp³-hybridized carbons (Fsp3) is 0.185. The maximum Gasteiger partial charge on any atom is 0.354 e. The first kappa shape index (κ1) is 24.5. The van der Waals surface area contributed by atoms with Gasteiger partial charge in [-0.1, -0.05) is 30.3 Å². The van der Waals surface area contributed by atoms with Crippen molar-refractivity contribution in [3.8, 4) is 11.5 Å². The number of esters is 1. The summed E-state index contributed by atoms with van der Waals surface area (Å²) < 4.78 is 13.7. The molecule has 0 aliphatic rings. The number of aliphatic hydroxyl groups is 1. The summed E-state index contributed by atoms with van der Waals surface area (Å²) in [6.45, 7) is 0.555. The van der Waals surface area contributed by atoms with Crippen LogP contribution >= 0.6 is 15.9 Å². The van der Waals surface area contributed by atoms with Crippen molar-refractivity contribution < 1.29 is 24.2 Å². The number of methoxy groups -OCH3 is 1. The number of carbonyl (C=O) groups excluding carboxylic acids is 2. The van der Waals surface area contributed by atoms with Gasteiger partial charge >= 0.3 is 5.97 Å². The second kappa shape index (κ2) is 10.8. The third-order valence-electron chi connectivity index (χ3n) is 5.64. The van der Waals surface area contributed by atoms with E-state index in [9.17, 15) is 9.59 Å². The molecule has 8 heteroatoms. The van der Waals surface area contributed by atoms with Gasteiger partial charge in [0.15, 0.2) is 0 Å². The number of rotatable bonds is 8. The molecule has 1 amide bonds. The van der Waals surface area contributed by atoms with Gasteiger partial charge in [0.1, 0.15) is 17.2 Å². The van der Waals surface area contributed by atoms with Crippen LogP contribution in [0.2, 0.25) is 0 Å². The first-order valence-corrected chi connectivity index (χ1v) is 11.8. The van der Waals surface area contributed by atoms with Gasteiger partial charge < -0.3 is 24.0 Å². The average Bonchev–Trinajstić information content (AvgIpc) is 3.23. The molecule has 1 heterocycles. The smallest absolute Gasteiger partial charge is 0.354 e. The van der Waals surface area contributed by atoms with Crippen LogP contribution in [-0.2, 0) is 11.3 Å².